The van der Waals surface area contributed by atoms with Crippen LogP contribution in [0.15, 0.2) is 6.07 Å². The molecule has 1 aliphatic rings. The SMILES string of the molecule is COCc1cc(Cl)nc(C(OC)C2CC2)n1. The van der Waals surface area contributed by atoms with Crippen LogP contribution >= 0.6 is 11.6 Å². The smallest absolute Gasteiger partial charge is 0.159 e. The molecule has 0 amide bonds. The van der Waals surface area contributed by atoms with Gasteiger partial charge in [-0.3, -0.25) is 0 Å². The van der Waals surface area contributed by atoms with Gasteiger partial charge in [0.1, 0.15) is 11.3 Å². The van der Waals surface area contributed by atoms with Gasteiger partial charge in [0.25, 0.3) is 0 Å². The van der Waals surface area contributed by atoms with Gasteiger partial charge in [0.15, 0.2) is 5.82 Å². The molecule has 1 saturated carbocycles. The predicted octanol–water partition coefficient (Wildman–Crippen LogP) is 2.37. The summed E-state index contributed by atoms with van der Waals surface area (Å²) in [5.74, 6) is 1.21. The summed E-state index contributed by atoms with van der Waals surface area (Å²) in [6.07, 6.45) is 2.32. The maximum atomic E-state index is 5.95. The van der Waals surface area contributed by atoms with Gasteiger partial charge in [0, 0.05) is 14.2 Å². The first-order chi connectivity index (χ1) is 7.74. The fourth-order valence-corrected chi connectivity index (χ4v) is 1.95. The first-order valence-electron chi connectivity index (χ1n) is 5.29. The van der Waals surface area contributed by atoms with Crippen molar-refractivity contribution in [3.8, 4) is 0 Å². The largest absolute Gasteiger partial charge is 0.378 e. The predicted molar refractivity (Wildman–Crippen MR) is 60.2 cm³/mol. The molecule has 88 valence electrons. The van der Waals surface area contributed by atoms with Gasteiger partial charge in [-0.1, -0.05) is 11.6 Å². The molecule has 1 fully saturated rings. The van der Waals surface area contributed by atoms with Crippen LogP contribution in [-0.2, 0) is 16.1 Å². The van der Waals surface area contributed by atoms with Gasteiger partial charge in [-0.05, 0) is 24.8 Å². The average Bonchev–Trinajstić information content (AvgIpc) is 3.03. The minimum atomic E-state index is -0.0330. The van der Waals surface area contributed by atoms with Gasteiger partial charge < -0.3 is 9.47 Å². The monoisotopic (exact) mass is 242 g/mol. The Kier molecular flexibility index (Phi) is 3.74. The van der Waals surface area contributed by atoms with Crippen molar-refractivity contribution < 1.29 is 9.47 Å². The average molecular weight is 243 g/mol. The summed E-state index contributed by atoms with van der Waals surface area (Å²) in [6.45, 7) is 0.441. The van der Waals surface area contributed by atoms with Crippen LogP contribution in [0.2, 0.25) is 5.15 Å². The lowest BCUT2D eigenvalue weighted by molar-refractivity contribution is 0.0764. The van der Waals surface area contributed by atoms with Crippen molar-refractivity contribution >= 4 is 11.6 Å². The normalized spacial score (nSPS) is 17.4. The van der Waals surface area contributed by atoms with Crippen LogP contribution in [0.5, 0.6) is 0 Å². The molecule has 16 heavy (non-hydrogen) atoms. The highest BCUT2D eigenvalue weighted by Crippen LogP contribution is 2.42. The molecule has 0 saturated heterocycles. The van der Waals surface area contributed by atoms with Crippen molar-refractivity contribution in [3.63, 3.8) is 0 Å². The Morgan fingerprint density at radius 3 is 2.75 bits per heavy atom. The van der Waals surface area contributed by atoms with Crippen LogP contribution in [0.3, 0.4) is 0 Å². The highest BCUT2D eigenvalue weighted by atomic mass is 35.5. The third-order valence-corrected chi connectivity index (χ3v) is 2.81. The van der Waals surface area contributed by atoms with E-state index in [-0.39, 0.29) is 6.10 Å². The Morgan fingerprint density at radius 2 is 2.19 bits per heavy atom. The quantitative estimate of drug-likeness (QED) is 0.744. The minimum absolute atomic E-state index is 0.0330. The van der Waals surface area contributed by atoms with Gasteiger partial charge in [0.05, 0.1) is 12.3 Å². The Morgan fingerprint density at radius 1 is 1.44 bits per heavy atom. The molecule has 5 heteroatoms. The van der Waals surface area contributed by atoms with Crippen molar-refractivity contribution in [3.05, 3.63) is 22.7 Å². The molecule has 2 rings (SSSR count). The lowest BCUT2D eigenvalue weighted by Gasteiger charge is -2.13. The fourth-order valence-electron chi connectivity index (χ4n) is 1.74. The van der Waals surface area contributed by atoms with Gasteiger partial charge >= 0.3 is 0 Å². The van der Waals surface area contributed by atoms with Gasteiger partial charge in [-0.15, -0.1) is 0 Å². The summed E-state index contributed by atoms with van der Waals surface area (Å²) in [7, 11) is 3.31. The van der Waals surface area contributed by atoms with Gasteiger partial charge in [0.2, 0.25) is 0 Å². The van der Waals surface area contributed by atoms with E-state index in [0.29, 0.717) is 23.5 Å². The highest BCUT2D eigenvalue weighted by molar-refractivity contribution is 6.29. The second-order valence-corrected chi connectivity index (χ2v) is 4.35. The molecule has 0 N–H and O–H groups in total. The number of aromatic nitrogens is 2. The Balaban J connectivity index is 2.24. The maximum Gasteiger partial charge on any atom is 0.159 e. The molecule has 0 bridgehead atoms. The molecule has 0 aromatic carbocycles. The van der Waals surface area contributed by atoms with Gasteiger partial charge in [-0.25, -0.2) is 9.97 Å². The van der Waals surface area contributed by atoms with E-state index < -0.39 is 0 Å². The number of rotatable bonds is 5. The minimum Gasteiger partial charge on any atom is -0.378 e. The van der Waals surface area contributed by atoms with Crippen LogP contribution in [0, 0.1) is 5.92 Å². The van der Waals surface area contributed by atoms with Crippen molar-refractivity contribution in [1.29, 1.82) is 0 Å². The van der Waals surface area contributed by atoms with Crippen molar-refractivity contribution in [2.45, 2.75) is 25.6 Å². The van der Waals surface area contributed by atoms with E-state index >= 15 is 0 Å². The summed E-state index contributed by atoms with van der Waals surface area (Å²) in [6, 6.07) is 1.72. The summed E-state index contributed by atoms with van der Waals surface area (Å²) in [4.78, 5) is 8.63. The zero-order valence-electron chi connectivity index (χ0n) is 9.44. The third kappa shape index (κ3) is 2.70. The van der Waals surface area contributed by atoms with Crippen LogP contribution < -0.4 is 0 Å². The summed E-state index contributed by atoms with van der Waals surface area (Å²) in [5.41, 5.74) is 0.792. The molecule has 4 nitrogen and oxygen atoms in total. The number of hydrogen-bond acceptors (Lipinski definition) is 4. The fraction of sp³-hybridized carbons (Fsp3) is 0.636. The molecule has 1 aromatic rings. The highest BCUT2D eigenvalue weighted by Gasteiger charge is 2.34. The Bertz CT molecular complexity index is 369. The van der Waals surface area contributed by atoms with E-state index in [1.807, 2.05) is 0 Å². The van der Waals surface area contributed by atoms with Crippen LogP contribution in [0.25, 0.3) is 0 Å². The van der Waals surface area contributed by atoms with Crippen LogP contribution in [0.1, 0.15) is 30.5 Å². The molecule has 1 aromatic heterocycles. The summed E-state index contributed by atoms with van der Waals surface area (Å²) in [5, 5.41) is 0.444. The first-order valence-corrected chi connectivity index (χ1v) is 5.67. The summed E-state index contributed by atoms with van der Waals surface area (Å²) >= 11 is 5.95. The lowest BCUT2D eigenvalue weighted by atomic mass is 10.2. The number of hydrogen-bond donors (Lipinski definition) is 0. The van der Waals surface area contributed by atoms with E-state index in [1.54, 1.807) is 20.3 Å². The molecule has 1 aliphatic carbocycles. The number of ether oxygens (including phenoxy) is 2. The molecular formula is C11H15ClN2O2. The molecule has 1 unspecified atom stereocenters. The van der Waals surface area contributed by atoms with Crippen LogP contribution in [0.4, 0.5) is 0 Å². The van der Waals surface area contributed by atoms with E-state index in [9.17, 15) is 0 Å². The van der Waals surface area contributed by atoms with Crippen molar-refractivity contribution in [2.75, 3.05) is 14.2 Å². The number of nitrogens with zero attached hydrogens (tertiary/aromatic N) is 2. The second-order valence-electron chi connectivity index (χ2n) is 3.97. The van der Waals surface area contributed by atoms with E-state index in [2.05, 4.69) is 9.97 Å². The topological polar surface area (TPSA) is 44.2 Å². The standard InChI is InChI=1S/C11H15ClN2O2/c1-15-6-8-5-9(12)14-11(13-8)10(16-2)7-3-4-7/h5,7,10H,3-4,6H2,1-2H3. The van der Waals surface area contributed by atoms with E-state index in [0.717, 1.165) is 5.69 Å². The zero-order valence-corrected chi connectivity index (χ0v) is 10.2. The molecule has 0 aliphatic heterocycles. The molecule has 0 spiro atoms. The van der Waals surface area contributed by atoms with Crippen LogP contribution in [-0.4, -0.2) is 24.2 Å². The first kappa shape index (κ1) is 11.8. The van der Waals surface area contributed by atoms with Crippen molar-refractivity contribution in [2.24, 2.45) is 5.92 Å². The Labute approximate surface area is 99.9 Å². The number of methoxy groups -OCH3 is 2. The van der Waals surface area contributed by atoms with Crippen molar-refractivity contribution in [1.82, 2.24) is 9.97 Å². The maximum absolute atomic E-state index is 5.95. The van der Waals surface area contributed by atoms with E-state index in [4.69, 9.17) is 21.1 Å². The zero-order chi connectivity index (χ0) is 11.5. The number of halogens is 1. The second kappa shape index (κ2) is 5.08. The third-order valence-electron chi connectivity index (χ3n) is 2.62. The summed E-state index contributed by atoms with van der Waals surface area (Å²) < 4.78 is 10.5. The van der Waals surface area contributed by atoms with E-state index in [1.165, 1.54) is 12.8 Å². The molecule has 1 atom stereocenters. The van der Waals surface area contributed by atoms with Gasteiger partial charge in [-0.2, -0.15) is 0 Å². The molecule has 0 radical (unpaired) electrons. The lowest BCUT2D eigenvalue weighted by Crippen LogP contribution is -2.10. The Hall–Kier alpha value is -0.710. The molecular weight excluding hydrogens is 228 g/mol. The molecule has 1 heterocycles.